The number of nitrogens with two attached hydrogens (primary N) is 1. The van der Waals surface area contributed by atoms with Gasteiger partial charge in [0.2, 0.25) is 5.91 Å². The number of hydrogen-bond donors (Lipinski definition) is 5. The molecule has 1 aliphatic rings. The molecule has 36 heavy (non-hydrogen) atoms. The van der Waals surface area contributed by atoms with Crippen LogP contribution in [0.5, 0.6) is 0 Å². The number of benzene rings is 2. The summed E-state index contributed by atoms with van der Waals surface area (Å²) in [6.45, 7) is 3.25. The normalized spacial score (nSPS) is 14.8. The van der Waals surface area contributed by atoms with Crippen molar-refractivity contribution in [2.24, 2.45) is 12.8 Å². The van der Waals surface area contributed by atoms with Crippen molar-refractivity contribution >= 4 is 46.8 Å². The number of amidine groups is 1. The van der Waals surface area contributed by atoms with Gasteiger partial charge in [0.15, 0.2) is 0 Å². The Morgan fingerprint density at radius 1 is 1.17 bits per heavy atom. The zero-order valence-electron chi connectivity index (χ0n) is 20.4. The Morgan fingerprint density at radius 2 is 1.83 bits per heavy atom. The number of carbonyl (C=O) groups is 2. The standard InChI is InChI=1S/C25H31N7O3.ClH/c1-25(29-15-22(33)34,24(35)32-11-3-4-12-32)17-7-10-20-19(13-17)30-21(31(20)2)14-28-18-8-5-16(6-9-18)23(26)27;/h5-10,13,28-29H,3-4,11-12,14-15H2,1-2H3,(H3,26,27)(H,33,34);1H. The van der Waals surface area contributed by atoms with Crippen LogP contribution in [0, 0.1) is 5.41 Å². The molecule has 6 N–H and O–H groups in total. The molecule has 0 spiro atoms. The number of carboxylic acid groups (broad SMARTS) is 1. The SMILES string of the molecule is Cl.Cn1c(CNc2ccc(C(=N)N)cc2)nc2cc(C(C)(NCC(=O)O)C(=O)N3CCCC3)ccc21. The van der Waals surface area contributed by atoms with Gasteiger partial charge in [-0.05, 0) is 61.7 Å². The summed E-state index contributed by atoms with van der Waals surface area (Å²) in [7, 11) is 1.93. The lowest BCUT2D eigenvalue weighted by Gasteiger charge is -2.33. The fourth-order valence-electron chi connectivity index (χ4n) is 4.46. The third-order valence-corrected chi connectivity index (χ3v) is 6.61. The van der Waals surface area contributed by atoms with Crippen molar-refractivity contribution in [1.29, 1.82) is 5.41 Å². The topological polar surface area (TPSA) is 149 Å². The highest BCUT2D eigenvalue weighted by atomic mass is 35.5. The molecule has 3 aromatic rings. The van der Waals surface area contributed by atoms with E-state index >= 15 is 0 Å². The van der Waals surface area contributed by atoms with Crippen molar-refractivity contribution in [3.05, 3.63) is 59.4 Å². The number of aliphatic carboxylic acids is 1. The number of fused-ring (bicyclic) bond motifs is 1. The number of nitrogens with zero attached hydrogens (tertiary/aromatic N) is 3. The lowest BCUT2D eigenvalue weighted by Crippen LogP contribution is -2.54. The van der Waals surface area contributed by atoms with E-state index in [2.05, 4.69) is 10.6 Å². The number of nitrogens with one attached hydrogen (secondary N) is 3. The maximum atomic E-state index is 13.4. The molecule has 1 aromatic heterocycles. The summed E-state index contributed by atoms with van der Waals surface area (Å²) in [4.78, 5) is 31.3. The highest BCUT2D eigenvalue weighted by Crippen LogP contribution is 2.29. The molecule has 1 unspecified atom stereocenters. The van der Waals surface area contributed by atoms with Crippen LogP contribution < -0.4 is 16.4 Å². The predicted octanol–water partition coefficient (Wildman–Crippen LogP) is 2.40. The zero-order valence-corrected chi connectivity index (χ0v) is 21.2. The second-order valence-corrected chi connectivity index (χ2v) is 9.01. The number of nitrogen functional groups attached to an aromatic ring is 1. The zero-order chi connectivity index (χ0) is 25.2. The van der Waals surface area contributed by atoms with E-state index in [9.17, 15) is 14.7 Å². The van der Waals surface area contributed by atoms with Crippen molar-refractivity contribution in [1.82, 2.24) is 19.8 Å². The first-order valence-corrected chi connectivity index (χ1v) is 11.6. The summed E-state index contributed by atoms with van der Waals surface area (Å²) in [5, 5.41) is 23.1. The van der Waals surface area contributed by atoms with E-state index in [1.807, 2.05) is 41.9 Å². The van der Waals surface area contributed by atoms with Crippen LogP contribution in [0.25, 0.3) is 11.0 Å². The number of likely N-dealkylation sites (tertiary alicyclic amines) is 1. The van der Waals surface area contributed by atoms with Gasteiger partial charge in [-0.1, -0.05) is 6.07 Å². The van der Waals surface area contributed by atoms with Crippen LogP contribution >= 0.6 is 12.4 Å². The minimum absolute atomic E-state index is 0. The summed E-state index contributed by atoms with van der Waals surface area (Å²) in [5.41, 5.74) is 8.20. The average molecular weight is 514 g/mol. The largest absolute Gasteiger partial charge is 0.480 e. The minimum Gasteiger partial charge on any atom is -0.480 e. The van der Waals surface area contributed by atoms with Gasteiger partial charge in [-0.3, -0.25) is 20.3 Å². The van der Waals surface area contributed by atoms with E-state index in [1.165, 1.54) is 0 Å². The van der Waals surface area contributed by atoms with Crippen molar-refractivity contribution in [3.8, 4) is 0 Å². The van der Waals surface area contributed by atoms with Gasteiger partial charge >= 0.3 is 5.97 Å². The van der Waals surface area contributed by atoms with Gasteiger partial charge in [0, 0.05) is 31.4 Å². The van der Waals surface area contributed by atoms with Crippen LogP contribution in [0.3, 0.4) is 0 Å². The Labute approximate surface area is 215 Å². The molecule has 4 rings (SSSR count). The van der Waals surface area contributed by atoms with E-state index in [-0.39, 0.29) is 30.7 Å². The Hall–Kier alpha value is -3.63. The summed E-state index contributed by atoms with van der Waals surface area (Å²) >= 11 is 0. The lowest BCUT2D eigenvalue weighted by atomic mass is 9.89. The highest BCUT2D eigenvalue weighted by Gasteiger charge is 2.39. The molecule has 1 saturated heterocycles. The number of carbonyl (C=O) groups excluding carboxylic acids is 1. The Kier molecular flexibility index (Phi) is 8.21. The van der Waals surface area contributed by atoms with Gasteiger partial charge in [0.25, 0.3) is 0 Å². The van der Waals surface area contributed by atoms with E-state index in [0.29, 0.717) is 30.8 Å². The van der Waals surface area contributed by atoms with Crippen LogP contribution in [-0.4, -0.2) is 56.9 Å². The number of amides is 1. The van der Waals surface area contributed by atoms with Gasteiger partial charge in [0.05, 0.1) is 24.1 Å². The van der Waals surface area contributed by atoms with Crippen molar-refractivity contribution in [2.45, 2.75) is 31.8 Å². The molecule has 1 amide bonds. The monoisotopic (exact) mass is 513 g/mol. The van der Waals surface area contributed by atoms with Gasteiger partial charge in [-0.15, -0.1) is 12.4 Å². The molecule has 10 nitrogen and oxygen atoms in total. The smallest absolute Gasteiger partial charge is 0.317 e. The molecule has 0 bridgehead atoms. The van der Waals surface area contributed by atoms with E-state index in [4.69, 9.17) is 16.1 Å². The third kappa shape index (κ3) is 5.44. The molecule has 0 saturated carbocycles. The quantitative estimate of drug-likeness (QED) is 0.218. The predicted molar refractivity (Wildman–Crippen MR) is 142 cm³/mol. The second-order valence-electron chi connectivity index (χ2n) is 9.01. The molecule has 2 aromatic carbocycles. The second kappa shape index (κ2) is 11.0. The van der Waals surface area contributed by atoms with Crippen LogP contribution in [0.1, 0.15) is 36.7 Å². The number of imidazole rings is 1. The van der Waals surface area contributed by atoms with Gasteiger partial charge in [-0.2, -0.15) is 0 Å². The third-order valence-electron chi connectivity index (χ3n) is 6.61. The number of halogens is 1. The number of rotatable bonds is 9. The molecule has 0 radical (unpaired) electrons. The van der Waals surface area contributed by atoms with Gasteiger partial charge in [-0.25, -0.2) is 4.98 Å². The van der Waals surface area contributed by atoms with Crippen LogP contribution in [0.15, 0.2) is 42.5 Å². The van der Waals surface area contributed by atoms with Crippen molar-refractivity contribution < 1.29 is 14.7 Å². The van der Waals surface area contributed by atoms with Crippen LogP contribution in [0.2, 0.25) is 0 Å². The molecular weight excluding hydrogens is 482 g/mol. The number of aromatic nitrogens is 2. The van der Waals surface area contributed by atoms with Crippen LogP contribution in [-0.2, 0) is 28.7 Å². The maximum absolute atomic E-state index is 13.4. The van der Waals surface area contributed by atoms with E-state index in [0.717, 1.165) is 35.4 Å². The molecule has 11 heteroatoms. The highest BCUT2D eigenvalue weighted by molar-refractivity contribution is 5.95. The number of carboxylic acids is 1. The fraction of sp³-hybridized carbons (Fsp3) is 0.360. The first kappa shape index (κ1) is 27.0. The lowest BCUT2D eigenvalue weighted by molar-refractivity contribution is -0.139. The minimum atomic E-state index is -1.18. The first-order chi connectivity index (χ1) is 16.7. The van der Waals surface area contributed by atoms with E-state index in [1.54, 1.807) is 24.0 Å². The molecule has 2 heterocycles. The molecule has 1 fully saturated rings. The maximum Gasteiger partial charge on any atom is 0.317 e. The fourth-order valence-corrected chi connectivity index (χ4v) is 4.46. The summed E-state index contributed by atoms with van der Waals surface area (Å²) in [6.07, 6.45) is 1.90. The number of hydrogen-bond acceptors (Lipinski definition) is 6. The molecular formula is C25H32ClN7O3. The Bertz CT molecular complexity index is 1270. The van der Waals surface area contributed by atoms with Crippen molar-refractivity contribution in [3.63, 3.8) is 0 Å². The van der Waals surface area contributed by atoms with Gasteiger partial charge in [0.1, 0.15) is 17.2 Å². The van der Waals surface area contributed by atoms with Crippen molar-refractivity contribution in [2.75, 3.05) is 25.0 Å². The molecule has 192 valence electrons. The molecule has 1 atom stereocenters. The summed E-state index contributed by atoms with van der Waals surface area (Å²) in [6, 6.07) is 12.9. The first-order valence-electron chi connectivity index (χ1n) is 11.6. The van der Waals surface area contributed by atoms with Crippen LogP contribution in [0.4, 0.5) is 5.69 Å². The number of aryl methyl sites for hydroxylation is 1. The molecule has 1 aliphatic heterocycles. The Morgan fingerprint density at radius 3 is 2.44 bits per heavy atom. The van der Waals surface area contributed by atoms with E-state index < -0.39 is 11.5 Å². The van der Waals surface area contributed by atoms with Gasteiger partial charge < -0.3 is 25.6 Å². The number of anilines is 1. The average Bonchev–Trinajstić information content (AvgIpc) is 3.49. The Balaban J connectivity index is 0.00000361. The molecule has 0 aliphatic carbocycles. The summed E-state index contributed by atoms with van der Waals surface area (Å²) in [5.74, 6) is -0.314. The summed E-state index contributed by atoms with van der Waals surface area (Å²) < 4.78 is 1.99.